The van der Waals surface area contributed by atoms with Crippen LogP contribution in [0, 0.1) is 0 Å². The number of fused-ring (bicyclic) bond motifs is 1. The number of esters is 1. The topological polar surface area (TPSA) is 65.2 Å². The molecule has 120 valence electrons. The summed E-state index contributed by atoms with van der Waals surface area (Å²) in [5.41, 5.74) is 0. The number of benzene rings is 1. The predicted octanol–water partition coefficient (Wildman–Crippen LogP) is 5.07. The third-order valence-electron chi connectivity index (χ3n) is 3.10. The van der Waals surface area contributed by atoms with Gasteiger partial charge in [-0.3, -0.25) is 0 Å². The van der Waals surface area contributed by atoms with Crippen LogP contribution in [0.5, 0.6) is 0 Å². The standard InChI is InChI=1S/C15H12Cl2N2O3S/c1-7(2)14-18-11(22-19-14)6-21-15(20)13-12(17)9-4-3-8(16)5-10(9)23-13/h3-5,7H,6H2,1-2H3. The van der Waals surface area contributed by atoms with Crippen molar-refractivity contribution in [2.24, 2.45) is 0 Å². The molecule has 2 heterocycles. The highest BCUT2D eigenvalue weighted by molar-refractivity contribution is 7.21. The minimum atomic E-state index is -0.531. The van der Waals surface area contributed by atoms with E-state index in [1.165, 1.54) is 11.3 Å². The molecule has 0 saturated heterocycles. The molecule has 0 aliphatic carbocycles. The van der Waals surface area contributed by atoms with Crippen LogP contribution in [0.4, 0.5) is 0 Å². The van der Waals surface area contributed by atoms with Gasteiger partial charge in [0.25, 0.3) is 5.89 Å². The molecule has 3 aromatic rings. The first-order valence-electron chi connectivity index (χ1n) is 6.83. The molecule has 0 unspecified atom stereocenters. The third kappa shape index (κ3) is 3.34. The largest absolute Gasteiger partial charge is 0.451 e. The van der Waals surface area contributed by atoms with Crippen LogP contribution in [0.2, 0.25) is 10.0 Å². The Bertz CT molecular complexity index is 873. The molecular weight excluding hydrogens is 359 g/mol. The van der Waals surface area contributed by atoms with Crippen molar-refractivity contribution >= 4 is 50.6 Å². The van der Waals surface area contributed by atoms with Gasteiger partial charge in [0.1, 0.15) is 4.88 Å². The van der Waals surface area contributed by atoms with Crippen LogP contribution in [-0.2, 0) is 11.3 Å². The molecule has 0 spiro atoms. The summed E-state index contributed by atoms with van der Waals surface area (Å²) >= 11 is 13.4. The fourth-order valence-corrected chi connectivity index (χ4v) is 3.60. The minimum absolute atomic E-state index is 0.0934. The lowest BCUT2D eigenvalue weighted by molar-refractivity contribution is 0.0436. The minimum Gasteiger partial charge on any atom is -0.451 e. The first-order valence-corrected chi connectivity index (χ1v) is 8.40. The third-order valence-corrected chi connectivity index (χ3v) is 4.98. The molecule has 23 heavy (non-hydrogen) atoms. The summed E-state index contributed by atoms with van der Waals surface area (Å²) in [6, 6.07) is 5.26. The van der Waals surface area contributed by atoms with E-state index in [-0.39, 0.29) is 18.4 Å². The molecule has 2 aromatic heterocycles. The number of aromatic nitrogens is 2. The van der Waals surface area contributed by atoms with Crippen LogP contribution in [0.25, 0.3) is 10.1 Å². The molecule has 1 aromatic carbocycles. The van der Waals surface area contributed by atoms with E-state index in [1.54, 1.807) is 18.2 Å². The average Bonchev–Trinajstić information content (AvgIpc) is 3.10. The van der Waals surface area contributed by atoms with Gasteiger partial charge in [-0.15, -0.1) is 11.3 Å². The summed E-state index contributed by atoms with van der Waals surface area (Å²) in [5.74, 6) is 0.439. The molecule has 0 N–H and O–H groups in total. The zero-order chi connectivity index (χ0) is 16.6. The van der Waals surface area contributed by atoms with Crippen molar-refractivity contribution in [1.82, 2.24) is 10.1 Å². The lowest BCUT2D eigenvalue weighted by atomic mass is 10.2. The van der Waals surface area contributed by atoms with E-state index >= 15 is 0 Å². The fourth-order valence-electron chi connectivity index (χ4n) is 1.92. The monoisotopic (exact) mass is 370 g/mol. The fraction of sp³-hybridized carbons (Fsp3) is 0.267. The molecule has 3 rings (SSSR count). The Kier molecular flexibility index (Phi) is 4.57. The molecule has 0 amide bonds. The molecule has 0 radical (unpaired) electrons. The molecule has 0 atom stereocenters. The Morgan fingerprint density at radius 2 is 2.17 bits per heavy atom. The number of thiophene rings is 1. The summed E-state index contributed by atoms with van der Waals surface area (Å²) in [4.78, 5) is 16.7. The highest BCUT2D eigenvalue weighted by Gasteiger charge is 2.20. The number of carbonyl (C=O) groups is 1. The smallest absolute Gasteiger partial charge is 0.350 e. The second-order valence-corrected chi connectivity index (χ2v) is 7.03. The van der Waals surface area contributed by atoms with Crippen molar-refractivity contribution in [3.8, 4) is 0 Å². The van der Waals surface area contributed by atoms with Gasteiger partial charge in [-0.2, -0.15) is 4.98 Å². The molecule has 8 heteroatoms. The molecule has 0 fully saturated rings. The van der Waals surface area contributed by atoms with Crippen molar-refractivity contribution in [2.75, 3.05) is 0 Å². The number of carbonyl (C=O) groups excluding carboxylic acids is 1. The zero-order valence-corrected chi connectivity index (χ0v) is 14.6. The lowest BCUT2D eigenvalue weighted by Gasteiger charge is -1.99. The number of halogens is 2. The van der Waals surface area contributed by atoms with E-state index in [9.17, 15) is 4.79 Å². The summed E-state index contributed by atoms with van der Waals surface area (Å²) < 4.78 is 11.1. The lowest BCUT2D eigenvalue weighted by Crippen LogP contribution is -2.04. The van der Waals surface area contributed by atoms with Gasteiger partial charge in [0.05, 0.1) is 5.02 Å². The van der Waals surface area contributed by atoms with E-state index < -0.39 is 5.97 Å². The van der Waals surface area contributed by atoms with Crippen molar-refractivity contribution in [3.63, 3.8) is 0 Å². The Balaban J connectivity index is 1.76. The summed E-state index contributed by atoms with van der Waals surface area (Å²) in [5, 5.41) is 5.53. The Morgan fingerprint density at radius 3 is 2.87 bits per heavy atom. The number of nitrogens with zero attached hydrogens (tertiary/aromatic N) is 2. The molecule has 0 aliphatic heterocycles. The van der Waals surface area contributed by atoms with E-state index in [0.717, 1.165) is 10.1 Å². The summed E-state index contributed by atoms with van der Waals surface area (Å²) in [6.07, 6.45) is 0. The van der Waals surface area contributed by atoms with E-state index in [4.69, 9.17) is 32.5 Å². The summed E-state index contributed by atoms with van der Waals surface area (Å²) in [7, 11) is 0. The van der Waals surface area contributed by atoms with Gasteiger partial charge in [-0.05, 0) is 12.1 Å². The number of ether oxygens (including phenoxy) is 1. The predicted molar refractivity (Wildman–Crippen MR) is 89.4 cm³/mol. The van der Waals surface area contributed by atoms with Gasteiger partial charge in [-0.1, -0.05) is 48.3 Å². The maximum atomic E-state index is 12.2. The van der Waals surface area contributed by atoms with Crippen LogP contribution in [0.1, 0.15) is 41.2 Å². The molecule has 5 nitrogen and oxygen atoms in total. The quantitative estimate of drug-likeness (QED) is 0.599. The van der Waals surface area contributed by atoms with Crippen LogP contribution in [0.15, 0.2) is 22.7 Å². The normalized spacial score (nSPS) is 11.3. The van der Waals surface area contributed by atoms with Gasteiger partial charge < -0.3 is 9.26 Å². The van der Waals surface area contributed by atoms with Crippen LogP contribution >= 0.6 is 34.5 Å². The number of hydrogen-bond acceptors (Lipinski definition) is 6. The van der Waals surface area contributed by atoms with Crippen LogP contribution < -0.4 is 0 Å². The second-order valence-electron chi connectivity index (χ2n) is 5.16. The maximum absolute atomic E-state index is 12.2. The van der Waals surface area contributed by atoms with Gasteiger partial charge >= 0.3 is 5.97 Å². The highest BCUT2D eigenvalue weighted by Crippen LogP contribution is 2.37. The molecular formula is C15H12Cl2N2O3S. The molecule has 0 aliphatic rings. The first-order chi connectivity index (χ1) is 11.0. The van der Waals surface area contributed by atoms with Gasteiger partial charge in [0.2, 0.25) is 0 Å². The van der Waals surface area contributed by atoms with Crippen LogP contribution in [0.3, 0.4) is 0 Å². The SMILES string of the molecule is CC(C)c1noc(COC(=O)c2sc3cc(Cl)ccc3c2Cl)n1. The van der Waals surface area contributed by atoms with Crippen molar-refractivity contribution in [1.29, 1.82) is 0 Å². The maximum Gasteiger partial charge on any atom is 0.350 e. The molecule has 0 bridgehead atoms. The number of hydrogen-bond donors (Lipinski definition) is 0. The number of rotatable bonds is 4. The van der Waals surface area contributed by atoms with Crippen LogP contribution in [-0.4, -0.2) is 16.1 Å². The van der Waals surface area contributed by atoms with Gasteiger partial charge in [0.15, 0.2) is 12.4 Å². The van der Waals surface area contributed by atoms with E-state index in [0.29, 0.717) is 20.7 Å². The summed E-state index contributed by atoms with van der Waals surface area (Å²) in [6.45, 7) is 3.80. The Morgan fingerprint density at radius 1 is 1.39 bits per heavy atom. The van der Waals surface area contributed by atoms with Gasteiger partial charge in [0, 0.05) is 21.0 Å². The Labute approximate surface area is 146 Å². The Hall–Kier alpha value is -1.63. The average molecular weight is 371 g/mol. The van der Waals surface area contributed by atoms with Crippen molar-refractivity contribution in [2.45, 2.75) is 26.4 Å². The van der Waals surface area contributed by atoms with Crippen molar-refractivity contribution in [3.05, 3.63) is 44.8 Å². The second kappa shape index (κ2) is 6.47. The first kappa shape index (κ1) is 16.2. The van der Waals surface area contributed by atoms with E-state index in [1.807, 2.05) is 13.8 Å². The van der Waals surface area contributed by atoms with E-state index in [2.05, 4.69) is 10.1 Å². The van der Waals surface area contributed by atoms with Crippen molar-refractivity contribution < 1.29 is 14.1 Å². The highest BCUT2D eigenvalue weighted by atomic mass is 35.5. The molecule has 0 saturated carbocycles. The van der Waals surface area contributed by atoms with Gasteiger partial charge in [-0.25, -0.2) is 4.79 Å². The zero-order valence-electron chi connectivity index (χ0n) is 12.3.